The normalized spacial score (nSPS) is 15.4. The second-order valence-corrected chi connectivity index (χ2v) is 5.07. The van der Waals surface area contributed by atoms with E-state index < -0.39 is 17.6 Å². The molecule has 20 heavy (non-hydrogen) atoms. The molecule has 2 rings (SSSR count). The van der Waals surface area contributed by atoms with Crippen LogP contribution in [0.1, 0.15) is 10.4 Å². The van der Waals surface area contributed by atoms with E-state index in [-0.39, 0.29) is 4.88 Å². The minimum atomic E-state index is -4.84. The Morgan fingerprint density at radius 1 is 1.05 bits per heavy atom. The molecule has 1 unspecified atom stereocenters. The number of halogens is 4. The van der Waals surface area contributed by atoms with Crippen molar-refractivity contribution < 1.29 is 22.7 Å². The van der Waals surface area contributed by atoms with Gasteiger partial charge in [-0.15, -0.1) is 11.3 Å². The van der Waals surface area contributed by atoms with Gasteiger partial charge in [-0.3, -0.25) is 0 Å². The number of thiophene rings is 1. The van der Waals surface area contributed by atoms with Crippen LogP contribution in [0.2, 0.25) is 0 Å². The molecule has 1 atom stereocenters. The zero-order valence-electron chi connectivity index (χ0n) is 10.1. The summed E-state index contributed by atoms with van der Waals surface area (Å²) in [5.41, 5.74) is -2.68. The predicted molar refractivity (Wildman–Crippen MR) is 69.7 cm³/mol. The van der Waals surface area contributed by atoms with Crippen LogP contribution in [0.15, 0.2) is 47.9 Å². The minimum absolute atomic E-state index is 0.219. The number of hydrogen-bond donors (Lipinski definition) is 1. The van der Waals surface area contributed by atoms with Crippen molar-refractivity contribution in [2.75, 3.05) is 0 Å². The highest BCUT2D eigenvalue weighted by Gasteiger charge is 2.53. The molecule has 0 aliphatic carbocycles. The van der Waals surface area contributed by atoms with Crippen molar-refractivity contribution in [2.45, 2.75) is 11.8 Å². The predicted octanol–water partition coefficient (Wildman–Crippen LogP) is 4.35. The highest BCUT2D eigenvalue weighted by Crippen LogP contribution is 2.42. The summed E-state index contributed by atoms with van der Waals surface area (Å²) in [5.74, 6) is -0.480. The van der Waals surface area contributed by atoms with Crippen molar-refractivity contribution in [3.8, 4) is 0 Å². The Morgan fingerprint density at radius 3 is 2.20 bits per heavy atom. The number of alkyl halides is 3. The summed E-state index contributed by atoms with van der Waals surface area (Å²) in [6, 6.07) is 7.58. The Bertz CT molecular complexity index is 587. The Morgan fingerprint density at radius 2 is 1.70 bits per heavy atom. The summed E-state index contributed by atoms with van der Waals surface area (Å²) in [5, 5.41) is 11.4. The molecule has 0 spiro atoms. The molecule has 6 heteroatoms. The lowest BCUT2D eigenvalue weighted by Crippen LogP contribution is -2.39. The first-order chi connectivity index (χ1) is 9.33. The van der Waals surface area contributed by atoms with Crippen LogP contribution in [0.5, 0.6) is 0 Å². The molecular formula is C14H10F4OS. The van der Waals surface area contributed by atoms with Gasteiger partial charge >= 0.3 is 6.18 Å². The summed E-state index contributed by atoms with van der Waals surface area (Å²) in [7, 11) is 0. The van der Waals surface area contributed by atoms with Gasteiger partial charge in [0.2, 0.25) is 5.60 Å². The van der Waals surface area contributed by atoms with Gasteiger partial charge in [0.05, 0.1) is 0 Å². The van der Waals surface area contributed by atoms with Crippen LogP contribution < -0.4 is 0 Å². The largest absolute Gasteiger partial charge is 0.425 e. The number of hydrogen-bond acceptors (Lipinski definition) is 2. The second-order valence-electron chi connectivity index (χ2n) is 4.13. The van der Waals surface area contributed by atoms with E-state index in [0.29, 0.717) is 11.6 Å². The molecule has 1 aromatic carbocycles. The number of rotatable bonds is 3. The van der Waals surface area contributed by atoms with Crippen molar-refractivity contribution in [3.63, 3.8) is 0 Å². The third-order valence-electron chi connectivity index (χ3n) is 2.72. The Kier molecular flexibility index (Phi) is 3.96. The molecular weight excluding hydrogens is 292 g/mol. The highest BCUT2D eigenvalue weighted by molar-refractivity contribution is 7.10. The van der Waals surface area contributed by atoms with E-state index in [9.17, 15) is 22.7 Å². The monoisotopic (exact) mass is 302 g/mol. The van der Waals surface area contributed by atoms with E-state index in [1.807, 2.05) is 0 Å². The molecule has 0 fully saturated rings. The SMILES string of the molecule is OC(C=Cc1ccc(F)cc1)(c1cccs1)C(F)(F)F. The van der Waals surface area contributed by atoms with E-state index in [2.05, 4.69) is 0 Å². The average Bonchev–Trinajstić information content (AvgIpc) is 2.90. The zero-order valence-corrected chi connectivity index (χ0v) is 10.9. The highest BCUT2D eigenvalue weighted by atomic mass is 32.1. The first-order valence-corrected chi connectivity index (χ1v) is 6.49. The lowest BCUT2D eigenvalue weighted by atomic mass is 9.99. The molecule has 0 saturated heterocycles. The number of aliphatic hydroxyl groups is 1. The van der Waals surface area contributed by atoms with Crippen LogP contribution >= 0.6 is 11.3 Å². The van der Waals surface area contributed by atoms with Crippen LogP contribution in [0.3, 0.4) is 0 Å². The first kappa shape index (κ1) is 14.7. The van der Waals surface area contributed by atoms with Crippen molar-refractivity contribution in [1.82, 2.24) is 0 Å². The van der Waals surface area contributed by atoms with E-state index in [1.165, 1.54) is 29.6 Å². The van der Waals surface area contributed by atoms with Gasteiger partial charge in [-0.05, 0) is 35.2 Å². The van der Waals surface area contributed by atoms with Gasteiger partial charge in [-0.25, -0.2) is 4.39 Å². The molecule has 0 aliphatic rings. The fourth-order valence-corrected chi connectivity index (χ4v) is 2.43. The maximum absolute atomic E-state index is 13.1. The molecule has 0 radical (unpaired) electrons. The van der Waals surface area contributed by atoms with Crippen LogP contribution in [-0.4, -0.2) is 11.3 Å². The molecule has 2 aromatic rings. The summed E-state index contributed by atoms with van der Waals surface area (Å²) in [4.78, 5) is -0.219. The standard InChI is InChI=1S/C14H10F4OS/c15-11-5-3-10(4-6-11)7-8-13(19,14(16,17)18)12-2-1-9-20-12/h1-9,19H. The summed E-state index contributed by atoms with van der Waals surface area (Å²) >= 11 is 0.813. The first-order valence-electron chi connectivity index (χ1n) is 5.61. The van der Waals surface area contributed by atoms with Crippen LogP contribution in [-0.2, 0) is 5.60 Å². The van der Waals surface area contributed by atoms with Gasteiger partial charge in [-0.1, -0.05) is 24.3 Å². The van der Waals surface area contributed by atoms with Gasteiger partial charge in [0.25, 0.3) is 0 Å². The lowest BCUT2D eigenvalue weighted by molar-refractivity contribution is -0.243. The van der Waals surface area contributed by atoms with Gasteiger partial charge in [0.1, 0.15) is 5.82 Å². The summed E-state index contributed by atoms with van der Waals surface area (Å²) < 4.78 is 52.0. The summed E-state index contributed by atoms with van der Waals surface area (Å²) in [6.45, 7) is 0. The van der Waals surface area contributed by atoms with Gasteiger partial charge in [-0.2, -0.15) is 13.2 Å². The zero-order chi connectivity index (χ0) is 14.8. The van der Waals surface area contributed by atoms with E-state index in [0.717, 1.165) is 29.5 Å². The Balaban J connectivity index is 2.37. The smallest absolute Gasteiger partial charge is 0.372 e. The molecule has 0 saturated carbocycles. The third-order valence-corrected chi connectivity index (χ3v) is 3.71. The fourth-order valence-electron chi connectivity index (χ4n) is 1.60. The van der Waals surface area contributed by atoms with E-state index in [4.69, 9.17) is 0 Å². The van der Waals surface area contributed by atoms with Crippen LogP contribution in [0.4, 0.5) is 17.6 Å². The van der Waals surface area contributed by atoms with Crippen molar-refractivity contribution in [1.29, 1.82) is 0 Å². The summed E-state index contributed by atoms with van der Waals surface area (Å²) in [6.07, 6.45) is -3.05. The Labute approximate surface area is 116 Å². The molecule has 106 valence electrons. The maximum atomic E-state index is 13.1. The van der Waals surface area contributed by atoms with Crippen molar-refractivity contribution >= 4 is 17.4 Å². The Hall–Kier alpha value is -1.66. The second kappa shape index (κ2) is 5.38. The van der Waals surface area contributed by atoms with Gasteiger partial charge in [0.15, 0.2) is 0 Å². The van der Waals surface area contributed by atoms with Crippen LogP contribution in [0, 0.1) is 5.82 Å². The quantitative estimate of drug-likeness (QED) is 0.836. The molecule has 0 amide bonds. The average molecular weight is 302 g/mol. The van der Waals surface area contributed by atoms with Crippen LogP contribution in [0.25, 0.3) is 6.08 Å². The van der Waals surface area contributed by atoms with Gasteiger partial charge in [0, 0.05) is 4.88 Å². The van der Waals surface area contributed by atoms with E-state index >= 15 is 0 Å². The van der Waals surface area contributed by atoms with Crippen molar-refractivity contribution in [3.05, 3.63) is 64.1 Å². The molecule has 1 nitrogen and oxygen atoms in total. The fraction of sp³-hybridized carbons (Fsp3) is 0.143. The third kappa shape index (κ3) is 2.91. The van der Waals surface area contributed by atoms with Crippen molar-refractivity contribution in [2.24, 2.45) is 0 Å². The van der Waals surface area contributed by atoms with E-state index in [1.54, 1.807) is 0 Å². The molecule has 1 aromatic heterocycles. The molecule has 1 heterocycles. The minimum Gasteiger partial charge on any atom is -0.372 e. The topological polar surface area (TPSA) is 20.2 Å². The molecule has 0 aliphatic heterocycles. The van der Waals surface area contributed by atoms with Gasteiger partial charge < -0.3 is 5.11 Å². The lowest BCUT2D eigenvalue weighted by Gasteiger charge is -2.26. The molecule has 0 bridgehead atoms. The molecule has 1 N–H and O–H groups in total. The maximum Gasteiger partial charge on any atom is 0.425 e. The number of benzene rings is 1.